The predicted molar refractivity (Wildman–Crippen MR) is 99.0 cm³/mol. The summed E-state index contributed by atoms with van der Waals surface area (Å²) in [6.07, 6.45) is 0.0470. The van der Waals surface area contributed by atoms with Gasteiger partial charge < -0.3 is 16.4 Å². The number of hydrogen-bond donors (Lipinski definition) is 3. The Labute approximate surface area is 153 Å². The highest BCUT2D eigenvalue weighted by atomic mass is 79.9. The predicted octanol–water partition coefficient (Wildman–Crippen LogP) is 4.15. The number of halogens is 2. The Bertz CT molecular complexity index is 767. The monoisotopic (exact) mass is 409 g/mol. The fourth-order valence-corrected chi connectivity index (χ4v) is 2.85. The molecule has 0 bridgehead atoms. The van der Waals surface area contributed by atoms with Crippen LogP contribution in [0, 0.1) is 6.92 Å². The molecule has 7 heteroatoms. The first kappa shape index (κ1) is 18.3. The Kier molecular flexibility index (Phi) is 6.23. The van der Waals surface area contributed by atoms with Crippen molar-refractivity contribution in [2.75, 3.05) is 5.32 Å². The summed E-state index contributed by atoms with van der Waals surface area (Å²) in [6.45, 7) is 1.87. The topological polar surface area (TPSA) is 84.2 Å². The molecule has 0 spiro atoms. The van der Waals surface area contributed by atoms with Crippen LogP contribution in [0.5, 0.6) is 0 Å². The summed E-state index contributed by atoms with van der Waals surface area (Å²) in [5.41, 5.74) is 7.55. The highest BCUT2D eigenvalue weighted by Gasteiger charge is 2.18. The van der Waals surface area contributed by atoms with Gasteiger partial charge in [-0.25, -0.2) is 4.79 Å². The lowest BCUT2D eigenvalue weighted by Gasteiger charge is -2.18. The van der Waals surface area contributed by atoms with Gasteiger partial charge >= 0.3 is 6.03 Å². The molecule has 0 aliphatic carbocycles. The van der Waals surface area contributed by atoms with Gasteiger partial charge in [0.25, 0.3) is 0 Å². The maximum absolute atomic E-state index is 12.4. The summed E-state index contributed by atoms with van der Waals surface area (Å²) in [6, 6.07) is 11.4. The number of urea groups is 1. The van der Waals surface area contributed by atoms with Gasteiger partial charge in [-0.05, 0) is 42.3 Å². The van der Waals surface area contributed by atoms with Gasteiger partial charge in [-0.3, -0.25) is 4.79 Å². The van der Waals surface area contributed by atoms with Crippen LogP contribution in [0.3, 0.4) is 0 Å². The van der Waals surface area contributed by atoms with Crippen LogP contribution < -0.4 is 16.4 Å². The van der Waals surface area contributed by atoms with Crippen molar-refractivity contribution in [3.05, 3.63) is 63.1 Å². The fraction of sp³-hybridized carbons (Fsp3) is 0.176. The van der Waals surface area contributed by atoms with E-state index in [1.807, 2.05) is 37.3 Å². The smallest absolute Gasteiger partial charge is 0.312 e. The maximum atomic E-state index is 12.4. The molecule has 2 aromatic rings. The third-order valence-electron chi connectivity index (χ3n) is 3.43. The first-order valence-corrected chi connectivity index (χ1v) is 8.39. The highest BCUT2D eigenvalue weighted by molar-refractivity contribution is 9.10. The van der Waals surface area contributed by atoms with Crippen molar-refractivity contribution in [3.8, 4) is 0 Å². The molecule has 0 heterocycles. The number of carbonyl (C=O) groups excluding carboxylic acids is 2. The summed E-state index contributed by atoms with van der Waals surface area (Å²) < 4.78 is 0.849. The number of nitrogens with two attached hydrogens (primary N) is 1. The summed E-state index contributed by atoms with van der Waals surface area (Å²) >= 11 is 9.33. The van der Waals surface area contributed by atoms with Crippen molar-refractivity contribution in [2.45, 2.75) is 19.4 Å². The molecular formula is C17H17BrClN3O2. The molecule has 4 N–H and O–H groups in total. The lowest BCUT2D eigenvalue weighted by molar-refractivity contribution is -0.116. The summed E-state index contributed by atoms with van der Waals surface area (Å²) in [7, 11) is 0. The van der Waals surface area contributed by atoms with Crippen molar-refractivity contribution in [1.82, 2.24) is 5.32 Å². The zero-order valence-corrected chi connectivity index (χ0v) is 15.3. The van der Waals surface area contributed by atoms with Crippen LogP contribution in [-0.4, -0.2) is 11.9 Å². The average molecular weight is 411 g/mol. The van der Waals surface area contributed by atoms with Gasteiger partial charge in [0.2, 0.25) is 5.91 Å². The highest BCUT2D eigenvalue weighted by Crippen LogP contribution is 2.23. The van der Waals surface area contributed by atoms with Crippen LogP contribution in [0.15, 0.2) is 46.9 Å². The number of nitrogens with one attached hydrogen (secondary N) is 2. The molecule has 0 aromatic heterocycles. The third kappa shape index (κ3) is 5.25. The van der Waals surface area contributed by atoms with Crippen molar-refractivity contribution in [2.24, 2.45) is 5.73 Å². The van der Waals surface area contributed by atoms with E-state index in [0.29, 0.717) is 10.7 Å². The molecule has 5 nitrogen and oxygen atoms in total. The van der Waals surface area contributed by atoms with Crippen LogP contribution in [-0.2, 0) is 4.79 Å². The van der Waals surface area contributed by atoms with E-state index in [1.54, 1.807) is 12.1 Å². The average Bonchev–Trinajstić information content (AvgIpc) is 2.50. The normalized spacial score (nSPS) is 11.6. The molecule has 0 aliphatic heterocycles. The van der Waals surface area contributed by atoms with Crippen molar-refractivity contribution in [1.29, 1.82) is 0 Å². The summed E-state index contributed by atoms with van der Waals surface area (Å²) in [5.74, 6) is -0.251. The number of hydrogen-bond acceptors (Lipinski definition) is 2. The van der Waals surface area contributed by atoms with Crippen LogP contribution in [0.4, 0.5) is 10.5 Å². The van der Waals surface area contributed by atoms with Crippen molar-refractivity contribution >= 4 is 45.2 Å². The van der Waals surface area contributed by atoms with Gasteiger partial charge in [-0.1, -0.05) is 45.7 Å². The van der Waals surface area contributed by atoms with Crippen LogP contribution in [0.1, 0.15) is 23.6 Å². The van der Waals surface area contributed by atoms with E-state index < -0.39 is 12.1 Å². The molecule has 0 saturated heterocycles. The lowest BCUT2D eigenvalue weighted by atomic mass is 10.0. The Hall–Kier alpha value is -2.05. The quantitative estimate of drug-likeness (QED) is 0.692. The fourth-order valence-electron chi connectivity index (χ4n) is 2.26. The Morgan fingerprint density at radius 3 is 2.67 bits per heavy atom. The lowest BCUT2D eigenvalue weighted by Crippen LogP contribution is -2.35. The molecule has 1 atom stereocenters. The van der Waals surface area contributed by atoms with Gasteiger partial charge in [-0.2, -0.15) is 0 Å². The first-order chi connectivity index (χ1) is 11.3. The second-order valence-corrected chi connectivity index (χ2v) is 6.68. The van der Waals surface area contributed by atoms with Crippen molar-refractivity contribution < 1.29 is 9.59 Å². The third-order valence-corrected chi connectivity index (χ3v) is 4.16. The SMILES string of the molecule is Cc1ccc(Cl)cc1NC(=O)CC(NC(N)=O)c1cccc(Br)c1. The van der Waals surface area contributed by atoms with E-state index in [9.17, 15) is 9.59 Å². The van der Waals surface area contributed by atoms with Gasteiger partial charge in [0.15, 0.2) is 0 Å². The van der Waals surface area contributed by atoms with E-state index >= 15 is 0 Å². The number of rotatable bonds is 5. The number of aryl methyl sites for hydroxylation is 1. The second kappa shape index (κ2) is 8.17. The van der Waals surface area contributed by atoms with Gasteiger partial charge in [0.05, 0.1) is 12.5 Å². The number of benzene rings is 2. The van der Waals surface area contributed by atoms with E-state index in [2.05, 4.69) is 26.6 Å². The molecule has 0 aliphatic rings. The van der Waals surface area contributed by atoms with E-state index in [0.717, 1.165) is 15.6 Å². The van der Waals surface area contributed by atoms with Gasteiger partial charge in [0.1, 0.15) is 0 Å². The molecule has 0 radical (unpaired) electrons. The van der Waals surface area contributed by atoms with Crippen LogP contribution in [0.2, 0.25) is 5.02 Å². The minimum Gasteiger partial charge on any atom is -0.352 e. The zero-order chi connectivity index (χ0) is 17.7. The number of primary amides is 1. The second-order valence-electron chi connectivity index (χ2n) is 5.33. The molecule has 2 aromatic carbocycles. The van der Waals surface area contributed by atoms with Crippen LogP contribution in [0.25, 0.3) is 0 Å². The Morgan fingerprint density at radius 2 is 2.00 bits per heavy atom. The largest absolute Gasteiger partial charge is 0.352 e. The summed E-state index contributed by atoms with van der Waals surface area (Å²) in [5, 5.41) is 5.95. The Morgan fingerprint density at radius 1 is 1.25 bits per heavy atom. The minimum absolute atomic E-state index is 0.0470. The molecule has 0 saturated carbocycles. The van der Waals surface area contributed by atoms with Crippen LogP contribution >= 0.6 is 27.5 Å². The van der Waals surface area contributed by atoms with Gasteiger partial charge in [-0.15, -0.1) is 0 Å². The van der Waals surface area contributed by atoms with Crippen molar-refractivity contribution in [3.63, 3.8) is 0 Å². The maximum Gasteiger partial charge on any atom is 0.312 e. The molecule has 24 heavy (non-hydrogen) atoms. The Balaban J connectivity index is 2.15. The standard InChI is InChI=1S/C17H17BrClN3O2/c1-10-5-6-13(19)8-14(10)21-16(23)9-15(22-17(20)24)11-3-2-4-12(18)7-11/h2-8,15H,9H2,1H3,(H,21,23)(H3,20,22,24). The molecule has 126 valence electrons. The molecule has 0 fully saturated rings. The number of carbonyl (C=O) groups is 2. The summed E-state index contributed by atoms with van der Waals surface area (Å²) in [4.78, 5) is 23.6. The number of anilines is 1. The molecule has 2 rings (SSSR count). The van der Waals surface area contributed by atoms with E-state index in [-0.39, 0.29) is 12.3 Å². The van der Waals surface area contributed by atoms with Gasteiger partial charge in [0, 0.05) is 15.2 Å². The van der Waals surface area contributed by atoms with E-state index in [4.69, 9.17) is 17.3 Å². The molecular weight excluding hydrogens is 394 g/mol. The number of amides is 3. The molecule has 1 unspecified atom stereocenters. The van der Waals surface area contributed by atoms with E-state index in [1.165, 1.54) is 0 Å². The zero-order valence-electron chi connectivity index (χ0n) is 13.0. The minimum atomic E-state index is -0.688. The first-order valence-electron chi connectivity index (χ1n) is 7.22. The molecule has 3 amide bonds.